The minimum absolute atomic E-state index is 0.275. The van der Waals surface area contributed by atoms with Crippen LogP contribution in [0.1, 0.15) is 25.5 Å². The van der Waals surface area contributed by atoms with Crippen molar-refractivity contribution in [1.29, 1.82) is 0 Å². The second-order valence-corrected chi connectivity index (χ2v) is 6.49. The Hall–Kier alpha value is -1.81. The number of anilines is 1. The Morgan fingerprint density at radius 3 is 2.71 bits per heavy atom. The van der Waals surface area contributed by atoms with Crippen molar-refractivity contribution in [3.8, 4) is 0 Å². The lowest BCUT2D eigenvalue weighted by molar-refractivity contribution is -0.0454. The lowest BCUT2D eigenvalue weighted by atomic mass is 10.1. The molecule has 4 atom stereocenters. The topological polar surface area (TPSA) is 123 Å². The first-order valence-electron chi connectivity index (χ1n) is 8.32. The Labute approximate surface area is 139 Å². The molecule has 4 rings (SSSR count). The molecule has 130 valence electrons. The zero-order chi connectivity index (χ0) is 16.7. The minimum Gasteiger partial charge on any atom is -0.387 e. The fourth-order valence-corrected chi connectivity index (χ4v) is 3.56. The first-order valence-corrected chi connectivity index (χ1v) is 8.32. The Balaban J connectivity index is 1.56. The Kier molecular flexibility index (Phi) is 4.09. The van der Waals surface area contributed by atoms with Crippen molar-refractivity contribution in [1.82, 2.24) is 24.4 Å². The van der Waals surface area contributed by atoms with Crippen LogP contribution in [-0.2, 0) is 4.74 Å². The normalized spacial score (nSPS) is 31.8. The van der Waals surface area contributed by atoms with E-state index in [9.17, 15) is 10.2 Å². The van der Waals surface area contributed by atoms with Crippen molar-refractivity contribution in [2.45, 2.75) is 43.8 Å². The van der Waals surface area contributed by atoms with E-state index < -0.39 is 24.5 Å². The molecule has 4 N–H and O–H groups in total. The van der Waals surface area contributed by atoms with E-state index in [2.05, 4.69) is 19.9 Å². The van der Waals surface area contributed by atoms with Gasteiger partial charge in [-0.2, -0.15) is 0 Å². The molecule has 0 aromatic carbocycles. The number of rotatable bonds is 3. The summed E-state index contributed by atoms with van der Waals surface area (Å²) in [5.74, 6) is 0.275. The van der Waals surface area contributed by atoms with Crippen LogP contribution in [0, 0.1) is 0 Å². The molecule has 2 aliphatic heterocycles. The Morgan fingerprint density at radius 2 is 1.92 bits per heavy atom. The highest BCUT2D eigenvalue weighted by Crippen LogP contribution is 2.32. The standard InChI is InChI=1S/C15H22N6O3/c16-13-10-14(18-7-17-13)21(8-19-10)15-12(23)11(22)9(24-15)6-20-4-2-1-3-5-20/h7-9,11-12,15,22-23H,1-6H2,(H2,16,17,18)/t9-,11-,12-,15-/m1/s1. The summed E-state index contributed by atoms with van der Waals surface area (Å²) in [5.41, 5.74) is 6.74. The zero-order valence-electron chi connectivity index (χ0n) is 13.3. The monoisotopic (exact) mass is 334 g/mol. The number of nitrogens with two attached hydrogens (primary N) is 1. The van der Waals surface area contributed by atoms with Crippen molar-refractivity contribution in [2.24, 2.45) is 0 Å². The number of ether oxygens (including phenoxy) is 1. The van der Waals surface area contributed by atoms with Gasteiger partial charge in [0.25, 0.3) is 0 Å². The number of hydrogen-bond donors (Lipinski definition) is 3. The van der Waals surface area contributed by atoms with E-state index in [4.69, 9.17) is 10.5 Å². The van der Waals surface area contributed by atoms with Gasteiger partial charge < -0.3 is 25.6 Å². The summed E-state index contributed by atoms with van der Waals surface area (Å²) in [5, 5.41) is 20.8. The predicted molar refractivity (Wildman–Crippen MR) is 86.0 cm³/mol. The maximum absolute atomic E-state index is 10.4. The number of imidazole rings is 1. The summed E-state index contributed by atoms with van der Waals surface area (Å²) in [6.07, 6.45) is 3.25. The van der Waals surface area contributed by atoms with Crippen molar-refractivity contribution in [3.63, 3.8) is 0 Å². The molecule has 0 unspecified atom stereocenters. The molecule has 0 aliphatic carbocycles. The summed E-state index contributed by atoms with van der Waals surface area (Å²) >= 11 is 0. The number of fused-ring (bicyclic) bond motifs is 1. The predicted octanol–water partition coefficient (Wildman–Crippen LogP) is -0.486. The first kappa shape index (κ1) is 15.7. The molecule has 2 aromatic rings. The van der Waals surface area contributed by atoms with Crippen LogP contribution in [0.4, 0.5) is 5.82 Å². The van der Waals surface area contributed by atoms with Crippen LogP contribution in [0.25, 0.3) is 11.2 Å². The van der Waals surface area contributed by atoms with Crippen molar-refractivity contribution in [2.75, 3.05) is 25.4 Å². The molecule has 2 saturated heterocycles. The van der Waals surface area contributed by atoms with Gasteiger partial charge in [-0.05, 0) is 25.9 Å². The van der Waals surface area contributed by atoms with E-state index in [1.165, 1.54) is 19.1 Å². The number of nitrogen functional groups attached to an aromatic ring is 1. The average Bonchev–Trinajstić information content (AvgIpc) is 3.13. The molecule has 0 saturated carbocycles. The number of likely N-dealkylation sites (tertiary alicyclic amines) is 1. The largest absolute Gasteiger partial charge is 0.387 e. The number of hydrogen-bond acceptors (Lipinski definition) is 8. The van der Waals surface area contributed by atoms with Crippen LogP contribution in [0.2, 0.25) is 0 Å². The maximum Gasteiger partial charge on any atom is 0.167 e. The molecule has 0 spiro atoms. The van der Waals surface area contributed by atoms with Gasteiger partial charge in [0.2, 0.25) is 0 Å². The van der Waals surface area contributed by atoms with Crippen LogP contribution >= 0.6 is 0 Å². The Bertz CT molecular complexity index is 716. The maximum atomic E-state index is 10.4. The van der Waals surface area contributed by atoms with Crippen molar-refractivity contribution >= 4 is 17.0 Å². The molecule has 4 heterocycles. The van der Waals surface area contributed by atoms with Gasteiger partial charge in [0.15, 0.2) is 17.7 Å². The molecular weight excluding hydrogens is 312 g/mol. The Morgan fingerprint density at radius 1 is 1.12 bits per heavy atom. The van der Waals surface area contributed by atoms with E-state index >= 15 is 0 Å². The molecule has 9 heteroatoms. The smallest absolute Gasteiger partial charge is 0.167 e. The number of nitrogens with zero attached hydrogens (tertiary/aromatic N) is 5. The quantitative estimate of drug-likeness (QED) is 0.687. The second kappa shape index (κ2) is 6.25. The van der Waals surface area contributed by atoms with Gasteiger partial charge in [-0.3, -0.25) is 4.57 Å². The summed E-state index contributed by atoms with van der Waals surface area (Å²) in [6, 6.07) is 0. The fourth-order valence-electron chi connectivity index (χ4n) is 3.56. The number of aliphatic hydroxyl groups is 2. The van der Waals surface area contributed by atoms with Gasteiger partial charge in [-0.15, -0.1) is 0 Å². The van der Waals surface area contributed by atoms with Crippen LogP contribution in [0.15, 0.2) is 12.7 Å². The van der Waals surface area contributed by atoms with E-state index in [1.54, 1.807) is 4.57 Å². The highest BCUT2D eigenvalue weighted by molar-refractivity contribution is 5.81. The third-order valence-corrected chi connectivity index (χ3v) is 4.89. The summed E-state index contributed by atoms with van der Waals surface area (Å²) in [6.45, 7) is 2.62. The van der Waals surface area contributed by atoms with E-state index in [1.807, 2.05) is 0 Å². The number of aromatic nitrogens is 4. The molecule has 0 amide bonds. The van der Waals surface area contributed by atoms with Gasteiger partial charge >= 0.3 is 0 Å². The first-order chi connectivity index (χ1) is 11.6. The highest BCUT2D eigenvalue weighted by atomic mass is 16.6. The van der Waals surface area contributed by atoms with Crippen LogP contribution in [0.5, 0.6) is 0 Å². The molecule has 2 aliphatic rings. The number of piperidine rings is 1. The molecule has 24 heavy (non-hydrogen) atoms. The third-order valence-electron chi connectivity index (χ3n) is 4.89. The average molecular weight is 334 g/mol. The fraction of sp³-hybridized carbons (Fsp3) is 0.667. The van der Waals surface area contributed by atoms with Gasteiger partial charge in [0.05, 0.1) is 6.33 Å². The molecule has 0 bridgehead atoms. The third kappa shape index (κ3) is 2.63. The van der Waals surface area contributed by atoms with Crippen molar-refractivity contribution in [3.05, 3.63) is 12.7 Å². The second-order valence-electron chi connectivity index (χ2n) is 6.49. The number of aliphatic hydroxyl groups excluding tert-OH is 2. The van der Waals surface area contributed by atoms with Gasteiger partial charge in [-0.1, -0.05) is 6.42 Å². The van der Waals surface area contributed by atoms with Crippen LogP contribution in [-0.4, -0.2) is 72.6 Å². The highest BCUT2D eigenvalue weighted by Gasteiger charge is 2.44. The van der Waals surface area contributed by atoms with Gasteiger partial charge in [0, 0.05) is 6.54 Å². The van der Waals surface area contributed by atoms with E-state index in [0.29, 0.717) is 17.7 Å². The SMILES string of the molecule is Nc1ncnc2c1ncn2[C@@H]1O[C@H](CN2CCCCC2)[C@@H](O)[C@H]1O. The molecule has 0 radical (unpaired) electrons. The zero-order valence-corrected chi connectivity index (χ0v) is 13.3. The summed E-state index contributed by atoms with van der Waals surface area (Å²) < 4.78 is 7.57. The molecule has 9 nitrogen and oxygen atoms in total. The van der Waals surface area contributed by atoms with E-state index in [-0.39, 0.29) is 5.82 Å². The lowest BCUT2D eigenvalue weighted by Crippen LogP contribution is -2.42. The van der Waals surface area contributed by atoms with Crippen LogP contribution in [0.3, 0.4) is 0 Å². The van der Waals surface area contributed by atoms with Crippen molar-refractivity contribution < 1.29 is 14.9 Å². The van der Waals surface area contributed by atoms with Gasteiger partial charge in [-0.25, -0.2) is 15.0 Å². The lowest BCUT2D eigenvalue weighted by Gasteiger charge is -2.29. The minimum atomic E-state index is -1.05. The van der Waals surface area contributed by atoms with Gasteiger partial charge in [0.1, 0.15) is 30.2 Å². The van der Waals surface area contributed by atoms with Crippen LogP contribution < -0.4 is 5.73 Å². The molecule has 2 fully saturated rings. The molecule has 2 aromatic heterocycles. The van der Waals surface area contributed by atoms with E-state index in [0.717, 1.165) is 25.9 Å². The molecular formula is C15H22N6O3. The summed E-state index contributed by atoms with van der Waals surface area (Å²) in [7, 11) is 0. The summed E-state index contributed by atoms with van der Waals surface area (Å²) in [4.78, 5) is 14.5.